The van der Waals surface area contributed by atoms with Crippen LogP contribution in [-0.4, -0.2) is 13.0 Å². The Balaban J connectivity index is 1.88. The van der Waals surface area contributed by atoms with Crippen LogP contribution in [-0.2, 0) is 0 Å². The van der Waals surface area contributed by atoms with E-state index in [4.69, 9.17) is 21.8 Å². The quantitative estimate of drug-likeness (QED) is 0.723. The zero-order valence-electron chi connectivity index (χ0n) is 12.5. The third-order valence-corrected chi connectivity index (χ3v) is 3.78. The van der Waals surface area contributed by atoms with Crippen LogP contribution in [0, 0.1) is 0 Å². The molecule has 0 radical (unpaired) electrons. The molecule has 116 valence electrons. The van der Waals surface area contributed by atoms with Crippen molar-refractivity contribution in [3.63, 3.8) is 0 Å². The smallest absolute Gasteiger partial charge is 0.293 e. The lowest BCUT2D eigenvalue weighted by Crippen LogP contribution is -2.25. The van der Waals surface area contributed by atoms with Crippen LogP contribution in [0.2, 0.25) is 5.02 Å². The molecule has 0 bridgehead atoms. The summed E-state index contributed by atoms with van der Waals surface area (Å²) in [5.74, 6) is 0.555. The van der Waals surface area contributed by atoms with E-state index in [1.165, 1.54) is 4.90 Å². The second kappa shape index (κ2) is 6.18. The summed E-state index contributed by atoms with van der Waals surface area (Å²) in [6.45, 7) is 0. The molecule has 0 aliphatic rings. The number of nitrogens with zero attached hydrogens (tertiary/aromatic N) is 1. The molecule has 4 nitrogen and oxygen atoms in total. The molecule has 5 heteroatoms. The highest BCUT2D eigenvalue weighted by molar-refractivity contribution is 6.31. The third kappa shape index (κ3) is 3.07. The number of benzene rings is 2. The molecule has 0 atom stereocenters. The summed E-state index contributed by atoms with van der Waals surface area (Å²) in [4.78, 5) is 14.0. The number of anilines is 2. The van der Waals surface area contributed by atoms with Crippen molar-refractivity contribution < 1.29 is 9.21 Å². The molecule has 0 saturated heterocycles. The predicted octanol–water partition coefficient (Wildman–Crippen LogP) is 4.46. The van der Waals surface area contributed by atoms with Crippen molar-refractivity contribution in [3.8, 4) is 11.3 Å². The van der Waals surface area contributed by atoms with Crippen molar-refractivity contribution in [2.45, 2.75) is 0 Å². The van der Waals surface area contributed by atoms with Crippen molar-refractivity contribution in [2.75, 3.05) is 17.7 Å². The summed E-state index contributed by atoms with van der Waals surface area (Å²) in [6.07, 6.45) is 0. The van der Waals surface area contributed by atoms with E-state index in [-0.39, 0.29) is 11.7 Å². The SMILES string of the molecule is CN(C(=O)c1ccc(-c2ccc(Cl)cc2N)o1)c1ccccc1. The van der Waals surface area contributed by atoms with Crippen molar-refractivity contribution in [1.29, 1.82) is 0 Å². The Morgan fingerprint density at radius 1 is 1.09 bits per heavy atom. The monoisotopic (exact) mass is 326 g/mol. The average molecular weight is 327 g/mol. The van der Waals surface area contributed by atoms with Gasteiger partial charge in [-0.25, -0.2) is 0 Å². The first-order valence-corrected chi connectivity index (χ1v) is 7.42. The Morgan fingerprint density at radius 3 is 2.52 bits per heavy atom. The van der Waals surface area contributed by atoms with E-state index in [1.807, 2.05) is 30.3 Å². The number of para-hydroxylation sites is 1. The summed E-state index contributed by atoms with van der Waals surface area (Å²) < 4.78 is 5.68. The lowest BCUT2D eigenvalue weighted by Gasteiger charge is -2.15. The van der Waals surface area contributed by atoms with E-state index in [2.05, 4.69) is 0 Å². The van der Waals surface area contributed by atoms with Gasteiger partial charge in [-0.05, 0) is 42.5 Å². The largest absolute Gasteiger partial charge is 0.451 e. The van der Waals surface area contributed by atoms with E-state index < -0.39 is 0 Å². The van der Waals surface area contributed by atoms with E-state index >= 15 is 0 Å². The van der Waals surface area contributed by atoms with Gasteiger partial charge in [-0.3, -0.25) is 4.79 Å². The van der Waals surface area contributed by atoms with Gasteiger partial charge >= 0.3 is 0 Å². The molecule has 0 aliphatic carbocycles. The van der Waals surface area contributed by atoms with Crippen molar-refractivity contribution in [3.05, 3.63) is 71.4 Å². The maximum absolute atomic E-state index is 12.5. The number of nitrogens with two attached hydrogens (primary N) is 1. The van der Waals surface area contributed by atoms with Crippen LogP contribution < -0.4 is 10.6 Å². The first-order chi connectivity index (χ1) is 11.1. The fourth-order valence-electron chi connectivity index (χ4n) is 2.29. The lowest BCUT2D eigenvalue weighted by molar-refractivity contribution is 0.0967. The first-order valence-electron chi connectivity index (χ1n) is 7.04. The molecule has 1 amide bonds. The van der Waals surface area contributed by atoms with E-state index in [9.17, 15) is 4.79 Å². The van der Waals surface area contributed by atoms with E-state index in [0.717, 1.165) is 5.69 Å². The summed E-state index contributed by atoms with van der Waals surface area (Å²) in [5, 5.41) is 0.554. The number of halogens is 1. The number of carbonyl (C=O) groups excluding carboxylic acids is 1. The number of nitrogen functional groups attached to an aromatic ring is 1. The fraction of sp³-hybridized carbons (Fsp3) is 0.0556. The fourth-order valence-corrected chi connectivity index (χ4v) is 2.47. The van der Waals surface area contributed by atoms with Crippen LogP contribution in [0.1, 0.15) is 10.6 Å². The minimum atomic E-state index is -0.227. The van der Waals surface area contributed by atoms with Crippen molar-refractivity contribution in [1.82, 2.24) is 0 Å². The summed E-state index contributed by atoms with van der Waals surface area (Å²) in [7, 11) is 1.70. The van der Waals surface area contributed by atoms with Gasteiger partial charge in [0.1, 0.15) is 5.76 Å². The molecule has 0 aliphatic heterocycles. The number of amides is 1. The molecule has 0 fully saturated rings. The van der Waals surface area contributed by atoms with Gasteiger partial charge in [0.25, 0.3) is 5.91 Å². The maximum atomic E-state index is 12.5. The van der Waals surface area contributed by atoms with Crippen LogP contribution >= 0.6 is 11.6 Å². The Kier molecular flexibility index (Phi) is 4.08. The third-order valence-electron chi connectivity index (χ3n) is 3.54. The van der Waals surface area contributed by atoms with Crippen LogP contribution in [0.5, 0.6) is 0 Å². The minimum absolute atomic E-state index is 0.227. The Labute approximate surface area is 139 Å². The van der Waals surface area contributed by atoms with Gasteiger partial charge in [-0.1, -0.05) is 29.8 Å². The number of hydrogen-bond donors (Lipinski definition) is 1. The lowest BCUT2D eigenvalue weighted by atomic mass is 10.1. The molecule has 3 rings (SSSR count). The van der Waals surface area contributed by atoms with Crippen molar-refractivity contribution in [2.24, 2.45) is 0 Å². The standard InChI is InChI=1S/C18H15ClN2O2/c1-21(13-5-3-2-4-6-13)18(22)17-10-9-16(23-17)14-8-7-12(19)11-15(14)20/h2-11H,20H2,1H3. The Hall–Kier alpha value is -2.72. The first kappa shape index (κ1) is 15.2. The van der Waals surface area contributed by atoms with Crippen LogP contribution in [0.3, 0.4) is 0 Å². The molecule has 1 heterocycles. The van der Waals surface area contributed by atoms with Gasteiger partial charge < -0.3 is 15.1 Å². The zero-order chi connectivity index (χ0) is 16.4. The summed E-state index contributed by atoms with van der Waals surface area (Å²) in [6, 6.07) is 17.9. The molecular weight excluding hydrogens is 312 g/mol. The van der Waals surface area contributed by atoms with Crippen LogP contribution in [0.4, 0.5) is 11.4 Å². The highest BCUT2D eigenvalue weighted by Gasteiger charge is 2.18. The van der Waals surface area contributed by atoms with Gasteiger partial charge in [-0.15, -0.1) is 0 Å². The molecule has 2 aromatic carbocycles. The molecule has 23 heavy (non-hydrogen) atoms. The molecule has 0 unspecified atom stereocenters. The van der Waals surface area contributed by atoms with Gasteiger partial charge in [-0.2, -0.15) is 0 Å². The summed E-state index contributed by atoms with van der Waals surface area (Å²) >= 11 is 5.90. The minimum Gasteiger partial charge on any atom is -0.451 e. The topological polar surface area (TPSA) is 59.5 Å². The molecule has 0 spiro atoms. The summed E-state index contributed by atoms with van der Waals surface area (Å²) in [5.41, 5.74) is 7.95. The van der Waals surface area contributed by atoms with Gasteiger partial charge in [0, 0.05) is 29.0 Å². The number of carbonyl (C=O) groups is 1. The van der Waals surface area contributed by atoms with Gasteiger partial charge in [0.15, 0.2) is 5.76 Å². The Bertz CT molecular complexity index is 843. The Morgan fingerprint density at radius 2 is 1.83 bits per heavy atom. The zero-order valence-corrected chi connectivity index (χ0v) is 13.2. The van der Waals surface area contributed by atoms with E-state index in [1.54, 1.807) is 37.4 Å². The van der Waals surface area contributed by atoms with Crippen LogP contribution in [0.15, 0.2) is 65.1 Å². The van der Waals surface area contributed by atoms with Gasteiger partial charge in [0.05, 0.1) is 0 Å². The molecular formula is C18H15ClN2O2. The molecule has 2 N–H and O–H groups in total. The number of hydrogen-bond acceptors (Lipinski definition) is 3. The van der Waals surface area contributed by atoms with Gasteiger partial charge in [0.2, 0.25) is 0 Å². The number of rotatable bonds is 3. The average Bonchev–Trinajstić information content (AvgIpc) is 3.04. The predicted molar refractivity (Wildman–Crippen MR) is 92.7 cm³/mol. The van der Waals surface area contributed by atoms with Crippen LogP contribution in [0.25, 0.3) is 11.3 Å². The van der Waals surface area contributed by atoms with Crippen molar-refractivity contribution >= 4 is 28.9 Å². The highest BCUT2D eigenvalue weighted by Crippen LogP contribution is 2.30. The number of furan rings is 1. The highest BCUT2D eigenvalue weighted by atomic mass is 35.5. The molecule has 1 aromatic heterocycles. The molecule has 0 saturated carbocycles. The second-order valence-electron chi connectivity index (χ2n) is 5.10. The maximum Gasteiger partial charge on any atom is 0.293 e. The second-order valence-corrected chi connectivity index (χ2v) is 5.53. The normalized spacial score (nSPS) is 10.5. The van der Waals surface area contributed by atoms with E-state index in [0.29, 0.717) is 22.0 Å². The molecule has 3 aromatic rings.